The van der Waals surface area contributed by atoms with Crippen LogP contribution in [0.5, 0.6) is 0 Å². The zero-order chi connectivity index (χ0) is 17.3. The number of aryl methyl sites for hydroxylation is 1. The van der Waals surface area contributed by atoms with E-state index in [2.05, 4.69) is 0 Å². The lowest BCUT2D eigenvalue weighted by atomic mass is 9.98. The Morgan fingerprint density at radius 1 is 1.42 bits per heavy atom. The van der Waals surface area contributed by atoms with Gasteiger partial charge in [0.1, 0.15) is 5.82 Å². The highest BCUT2D eigenvalue weighted by Gasteiger charge is 2.31. The number of nitrogens with zero attached hydrogens (tertiary/aromatic N) is 1. The number of hydrogen-bond acceptors (Lipinski definition) is 4. The van der Waals surface area contributed by atoms with Gasteiger partial charge in [-0.25, -0.2) is 4.39 Å². The first-order chi connectivity index (χ1) is 11.5. The highest BCUT2D eigenvalue weighted by atomic mass is 32.1. The van der Waals surface area contributed by atoms with Crippen molar-refractivity contribution in [2.45, 2.75) is 26.7 Å². The third kappa shape index (κ3) is 3.02. The lowest BCUT2D eigenvalue weighted by Crippen LogP contribution is -2.42. The number of piperidine rings is 1. The van der Waals surface area contributed by atoms with E-state index in [9.17, 15) is 14.0 Å². The Morgan fingerprint density at radius 2 is 2.21 bits per heavy atom. The van der Waals surface area contributed by atoms with E-state index in [0.29, 0.717) is 35.5 Å². The molecule has 0 N–H and O–H groups in total. The minimum atomic E-state index is -0.302. The molecule has 3 rings (SSSR count). The Bertz CT molecular complexity index is 786. The first-order valence-electron chi connectivity index (χ1n) is 8.16. The minimum Gasteiger partial charge on any atom is -0.466 e. The van der Waals surface area contributed by atoms with E-state index in [1.54, 1.807) is 24.8 Å². The molecule has 0 saturated carbocycles. The topological polar surface area (TPSA) is 46.6 Å². The summed E-state index contributed by atoms with van der Waals surface area (Å²) < 4.78 is 19.9. The average Bonchev–Trinajstić information content (AvgIpc) is 2.92. The molecular formula is C18H20FNO3S. The molecule has 0 bridgehead atoms. The molecule has 2 aromatic rings. The number of carbonyl (C=O) groups is 2. The van der Waals surface area contributed by atoms with Crippen LogP contribution in [-0.4, -0.2) is 36.5 Å². The van der Waals surface area contributed by atoms with Gasteiger partial charge in [0.25, 0.3) is 5.91 Å². The highest BCUT2D eigenvalue weighted by Crippen LogP contribution is 2.34. The van der Waals surface area contributed by atoms with Crippen molar-refractivity contribution in [1.82, 2.24) is 4.90 Å². The molecule has 1 saturated heterocycles. The lowest BCUT2D eigenvalue weighted by Gasteiger charge is -2.31. The van der Waals surface area contributed by atoms with Gasteiger partial charge in [-0.15, -0.1) is 11.3 Å². The number of rotatable bonds is 3. The summed E-state index contributed by atoms with van der Waals surface area (Å²) in [7, 11) is 0. The summed E-state index contributed by atoms with van der Waals surface area (Å²) in [5.74, 6) is -0.936. The SMILES string of the molecule is CCOC(=O)C1CCCN(C(=O)c2sc3cccc(F)c3c2C)C1. The molecule has 1 unspecified atom stereocenters. The van der Waals surface area contributed by atoms with Crippen LogP contribution in [0, 0.1) is 18.7 Å². The maximum absolute atomic E-state index is 14.0. The summed E-state index contributed by atoms with van der Waals surface area (Å²) in [6.07, 6.45) is 1.51. The van der Waals surface area contributed by atoms with E-state index < -0.39 is 0 Å². The van der Waals surface area contributed by atoms with Crippen molar-refractivity contribution in [2.24, 2.45) is 5.92 Å². The maximum Gasteiger partial charge on any atom is 0.310 e. The average molecular weight is 349 g/mol. The molecule has 1 amide bonds. The standard InChI is InChI=1S/C18H20FNO3S/c1-3-23-18(22)12-6-5-9-20(10-12)17(21)16-11(2)15-13(19)7-4-8-14(15)24-16/h4,7-8,12H,3,5-6,9-10H2,1-2H3. The molecule has 6 heteroatoms. The lowest BCUT2D eigenvalue weighted by molar-refractivity contribution is -0.149. The first kappa shape index (κ1) is 16.9. The van der Waals surface area contributed by atoms with Crippen LogP contribution < -0.4 is 0 Å². The molecule has 0 radical (unpaired) electrons. The second-order valence-electron chi connectivity index (χ2n) is 6.01. The van der Waals surface area contributed by atoms with Crippen LogP contribution in [0.3, 0.4) is 0 Å². The molecule has 4 nitrogen and oxygen atoms in total. The van der Waals surface area contributed by atoms with Crippen LogP contribution in [0.1, 0.15) is 35.0 Å². The van der Waals surface area contributed by atoms with E-state index in [4.69, 9.17) is 4.74 Å². The number of esters is 1. The van der Waals surface area contributed by atoms with Crippen molar-refractivity contribution in [1.29, 1.82) is 0 Å². The second kappa shape index (κ2) is 6.89. The monoisotopic (exact) mass is 349 g/mol. The van der Waals surface area contributed by atoms with Crippen LogP contribution >= 0.6 is 11.3 Å². The fraction of sp³-hybridized carbons (Fsp3) is 0.444. The third-order valence-corrected chi connectivity index (χ3v) is 5.67. The summed E-state index contributed by atoms with van der Waals surface area (Å²) >= 11 is 1.31. The van der Waals surface area contributed by atoms with E-state index in [1.807, 2.05) is 6.07 Å². The normalized spacial score (nSPS) is 18.0. The fourth-order valence-electron chi connectivity index (χ4n) is 3.22. The quantitative estimate of drug-likeness (QED) is 0.793. The highest BCUT2D eigenvalue weighted by molar-refractivity contribution is 7.21. The van der Waals surface area contributed by atoms with Crippen molar-refractivity contribution in [3.8, 4) is 0 Å². The Morgan fingerprint density at radius 3 is 2.92 bits per heavy atom. The number of likely N-dealkylation sites (tertiary alicyclic amines) is 1. The van der Waals surface area contributed by atoms with Crippen molar-refractivity contribution in [3.63, 3.8) is 0 Å². The number of benzene rings is 1. The summed E-state index contributed by atoms with van der Waals surface area (Å²) in [6, 6.07) is 4.89. The number of fused-ring (bicyclic) bond motifs is 1. The van der Waals surface area contributed by atoms with Crippen molar-refractivity contribution in [2.75, 3.05) is 19.7 Å². The van der Waals surface area contributed by atoms with E-state index in [0.717, 1.165) is 17.5 Å². The molecule has 1 aromatic carbocycles. The Balaban J connectivity index is 1.85. The largest absolute Gasteiger partial charge is 0.466 e. The molecular weight excluding hydrogens is 329 g/mol. The Labute approximate surface area is 144 Å². The summed E-state index contributed by atoms with van der Waals surface area (Å²) in [5.41, 5.74) is 0.677. The van der Waals surface area contributed by atoms with Gasteiger partial charge in [-0.3, -0.25) is 9.59 Å². The van der Waals surface area contributed by atoms with Crippen LogP contribution in [0.4, 0.5) is 4.39 Å². The molecule has 128 valence electrons. The predicted molar refractivity (Wildman–Crippen MR) is 91.8 cm³/mol. The van der Waals surface area contributed by atoms with Gasteiger partial charge >= 0.3 is 5.97 Å². The zero-order valence-corrected chi connectivity index (χ0v) is 14.6. The molecule has 1 aromatic heterocycles. The van der Waals surface area contributed by atoms with Gasteiger partial charge in [-0.2, -0.15) is 0 Å². The van der Waals surface area contributed by atoms with Gasteiger partial charge in [-0.1, -0.05) is 6.07 Å². The molecule has 2 heterocycles. The van der Waals surface area contributed by atoms with Gasteiger partial charge in [0, 0.05) is 23.2 Å². The molecule has 0 spiro atoms. The van der Waals surface area contributed by atoms with Gasteiger partial charge in [0.2, 0.25) is 0 Å². The third-order valence-electron chi connectivity index (χ3n) is 4.43. The molecule has 1 fully saturated rings. The van der Waals surface area contributed by atoms with Crippen molar-refractivity contribution < 1.29 is 18.7 Å². The number of amides is 1. The van der Waals surface area contributed by atoms with Crippen LogP contribution in [-0.2, 0) is 9.53 Å². The number of hydrogen-bond donors (Lipinski definition) is 0. The van der Waals surface area contributed by atoms with Crippen LogP contribution in [0.25, 0.3) is 10.1 Å². The Kier molecular flexibility index (Phi) is 4.85. The van der Waals surface area contributed by atoms with Gasteiger partial charge in [0.15, 0.2) is 0 Å². The molecule has 1 aliphatic heterocycles. The van der Waals surface area contributed by atoms with Crippen LogP contribution in [0.15, 0.2) is 18.2 Å². The van der Waals surface area contributed by atoms with E-state index in [1.165, 1.54) is 17.4 Å². The number of halogens is 1. The van der Waals surface area contributed by atoms with Crippen molar-refractivity contribution >= 4 is 33.3 Å². The number of ether oxygens (including phenoxy) is 1. The first-order valence-corrected chi connectivity index (χ1v) is 8.98. The smallest absolute Gasteiger partial charge is 0.310 e. The van der Waals surface area contributed by atoms with Gasteiger partial charge < -0.3 is 9.64 Å². The molecule has 1 aliphatic rings. The number of carbonyl (C=O) groups excluding carboxylic acids is 2. The fourth-order valence-corrected chi connectivity index (χ4v) is 4.41. The summed E-state index contributed by atoms with van der Waals surface area (Å²) in [5, 5.41) is 0.518. The molecule has 24 heavy (non-hydrogen) atoms. The molecule has 0 aliphatic carbocycles. The minimum absolute atomic E-state index is 0.123. The molecule has 1 atom stereocenters. The summed E-state index contributed by atoms with van der Waals surface area (Å²) in [6.45, 7) is 4.89. The van der Waals surface area contributed by atoms with Crippen molar-refractivity contribution in [3.05, 3.63) is 34.5 Å². The van der Waals surface area contributed by atoms with Crippen LogP contribution in [0.2, 0.25) is 0 Å². The zero-order valence-electron chi connectivity index (χ0n) is 13.8. The number of thiophene rings is 1. The summed E-state index contributed by atoms with van der Waals surface area (Å²) in [4.78, 5) is 27.1. The maximum atomic E-state index is 14.0. The van der Waals surface area contributed by atoms with Gasteiger partial charge in [-0.05, 0) is 44.4 Å². The second-order valence-corrected chi connectivity index (χ2v) is 7.06. The van der Waals surface area contributed by atoms with E-state index in [-0.39, 0.29) is 23.6 Å². The van der Waals surface area contributed by atoms with E-state index >= 15 is 0 Å². The Hall–Kier alpha value is -1.95. The van der Waals surface area contributed by atoms with Gasteiger partial charge in [0.05, 0.1) is 17.4 Å². The predicted octanol–water partition coefficient (Wildman–Crippen LogP) is 3.76.